The first-order valence-corrected chi connectivity index (χ1v) is 11.7. The maximum Gasteiger partial charge on any atom is -1.00 e. The van der Waals surface area contributed by atoms with Gasteiger partial charge in [-0.3, -0.25) is 0 Å². The first-order valence-electron chi connectivity index (χ1n) is 7.41. The molecule has 1 aromatic carbocycles. The molecule has 0 bridgehead atoms. The van der Waals surface area contributed by atoms with Crippen LogP contribution in [0.2, 0.25) is 19.6 Å². The Morgan fingerprint density at radius 3 is 1.91 bits per heavy atom. The normalized spacial score (nSPS) is 13.8. The number of allylic oxidation sites excluding steroid dienone is 4. The van der Waals surface area contributed by atoms with Crippen molar-refractivity contribution in [2.75, 3.05) is 0 Å². The molecule has 0 N–H and O–H groups in total. The Kier molecular flexibility index (Phi) is 11.0. The van der Waals surface area contributed by atoms with Crippen molar-refractivity contribution in [1.29, 1.82) is 0 Å². The zero-order chi connectivity index (χ0) is 15.1. The van der Waals surface area contributed by atoms with Crippen molar-refractivity contribution in [1.82, 2.24) is 0 Å². The van der Waals surface area contributed by atoms with Crippen LogP contribution < -0.4 is 37.2 Å². The van der Waals surface area contributed by atoms with Crippen molar-refractivity contribution in [2.45, 2.75) is 53.3 Å². The van der Waals surface area contributed by atoms with Crippen molar-refractivity contribution in [3.05, 3.63) is 55.1 Å². The van der Waals surface area contributed by atoms with Crippen molar-refractivity contribution in [3.63, 3.8) is 0 Å². The van der Waals surface area contributed by atoms with Gasteiger partial charge in [0, 0.05) is 0 Å². The zero-order valence-corrected chi connectivity index (χ0v) is 19.6. The van der Waals surface area contributed by atoms with E-state index in [2.05, 4.69) is 79.1 Å². The van der Waals surface area contributed by atoms with Gasteiger partial charge in [0.2, 0.25) is 0 Å². The molecular weight excluding hydrogens is 399 g/mol. The Labute approximate surface area is 173 Å². The molecule has 0 amide bonds. The summed E-state index contributed by atoms with van der Waals surface area (Å²) in [5.74, 6) is 0. The number of hydrogen-bond acceptors (Lipinski definition) is 0. The Morgan fingerprint density at radius 2 is 1.43 bits per heavy atom. The van der Waals surface area contributed by atoms with Gasteiger partial charge in [0.05, 0.1) is 0 Å². The molecule has 0 heterocycles. The third-order valence-electron chi connectivity index (χ3n) is 4.34. The van der Waals surface area contributed by atoms with E-state index in [1.807, 2.05) is 0 Å². The molecule has 1 aliphatic carbocycles. The van der Waals surface area contributed by atoms with Crippen LogP contribution in [0.25, 0.3) is 0 Å². The molecule has 2 rings (SSSR count). The Hall–Kier alpha value is 0.501. The molecule has 5 heteroatoms. The van der Waals surface area contributed by atoms with Crippen LogP contribution in [0, 0.1) is 20.8 Å². The van der Waals surface area contributed by atoms with Crippen LogP contribution >= 0.6 is 0 Å². The van der Waals surface area contributed by atoms with Gasteiger partial charge in [-0.05, 0) is 0 Å². The molecule has 1 aliphatic rings. The molecule has 0 nitrogen and oxygen atoms in total. The van der Waals surface area contributed by atoms with Crippen molar-refractivity contribution < 1.29 is 57.7 Å². The van der Waals surface area contributed by atoms with Crippen LogP contribution in [0.4, 0.5) is 0 Å². The van der Waals surface area contributed by atoms with E-state index in [0.29, 0.717) is 0 Å². The molecule has 23 heavy (non-hydrogen) atoms. The maximum atomic E-state index is 2.49. The monoisotopic (exact) mass is 422 g/mol. The first-order chi connectivity index (χ1) is 9.20. The van der Waals surface area contributed by atoms with Crippen LogP contribution in [0.3, 0.4) is 0 Å². The SMILES string of the molecule is Cc1cc(C)c(CC2=[C]([Ti+3])C([Si](C)(C)C)=CC2)cc1C.[Cl-].[Cl-].[Cl-]. The molecule has 0 aromatic heterocycles. The van der Waals surface area contributed by atoms with Gasteiger partial charge in [-0.1, -0.05) is 0 Å². The average molecular weight is 424 g/mol. The van der Waals surface area contributed by atoms with E-state index in [-0.39, 0.29) is 37.2 Å². The van der Waals surface area contributed by atoms with Gasteiger partial charge in [0.1, 0.15) is 0 Å². The molecule has 1 aromatic rings. The Balaban J connectivity index is 0. The fourth-order valence-electron chi connectivity index (χ4n) is 2.90. The first kappa shape index (κ1) is 25.7. The van der Waals surface area contributed by atoms with E-state index in [0.717, 1.165) is 12.8 Å². The van der Waals surface area contributed by atoms with E-state index in [1.165, 1.54) is 22.3 Å². The molecule has 0 fully saturated rings. The zero-order valence-electron chi connectivity index (χ0n) is 14.8. The van der Waals surface area contributed by atoms with E-state index in [9.17, 15) is 0 Å². The average Bonchev–Trinajstić information content (AvgIpc) is 2.67. The molecule has 0 spiro atoms. The number of rotatable bonds is 3. The van der Waals surface area contributed by atoms with Crippen LogP contribution in [-0.4, -0.2) is 8.07 Å². The van der Waals surface area contributed by atoms with Gasteiger partial charge in [0.15, 0.2) is 0 Å². The van der Waals surface area contributed by atoms with E-state index < -0.39 is 8.07 Å². The standard InChI is InChI=1S/C18H25Si.3ClH.Ti/c1-13-9-15(3)17(10-14(13)2)11-16-7-8-18(12-16)19(4,5)6;;;;/h8-10H,7,11H2,1-6H3;3*1H;/q;;;;+3/p-3. The topological polar surface area (TPSA) is 0 Å². The van der Waals surface area contributed by atoms with Gasteiger partial charge in [-0.2, -0.15) is 0 Å². The smallest absolute Gasteiger partial charge is 1.00 e. The summed E-state index contributed by atoms with van der Waals surface area (Å²) in [4.78, 5) is 0. The summed E-state index contributed by atoms with van der Waals surface area (Å²) in [7, 11) is -1.18. The van der Waals surface area contributed by atoms with E-state index in [4.69, 9.17) is 0 Å². The van der Waals surface area contributed by atoms with Gasteiger partial charge in [0.25, 0.3) is 0 Å². The Morgan fingerprint density at radius 1 is 0.913 bits per heavy atom. The van der Waals surface area contributed by atoms with E-state index >= 15 is 0 Å². The van der Waals surface area contributed by atoms with Crippen LogP contribution in [0.5, 0.6) is 0 Å². The predicted molar refractivity (Wildman–Crippen MR) is 87.4 cm³/mol. The summed E-state index contributed by atoms with van der Waals surface area (Å²) < 4.78 is 1.58. The predicted octanol–water partition coefficient (Wildman–Crippen LogP) is -3.83. The molecule has 126 valence electrons. The molecule has 0 unspecified atom stereocenters. The number of hydrogen-bond donors (Lipinski definition) is 0. The van der Waals surface area contributed by atoms with Crippen LogP contribution in [0.1, 0.15) is 28.7 Å². The third-order valence-corrected chi connectivity index (χ3v) is 7.77. The summed E-state index contributed by atoms with van der Waals surface area (Å²) in [5, 5.41) is 1.67. The molecule has 0 saturated heterocycles. The minimum Gasteiger partial charge on any atom is -1.00 e. The van der Waals surface area contributed by atoms with E-state index in [1.54, 1.807) is 14.6 Å². The third kappa shape index (κ3) is 6.06. The van der Waals surface area contributed by atoms with Crippen LogP contribution in [-0.2, 0) is 26.9 Å². The van der Waals surface area contributed by atoms with Gasteiger partial charge in [-0.15, -0.1) is 0 Å². The molecule has 0 radical (unpaired) electrons. The van der Waals surface area contributed by atoms with Crippen molar-refractivity contribution in [2.24, 2.45) is 0 Å². The summed E-state index contributed by atoms with van der Waals surface area (Å²) in [6.07, 6.45) is 4.79. The molecule has 0 saturated carbocycles. The summed E-state index contributed by atoms with van der Waals surface area (Å²) in [5.41, 5.74) is 7.40. The minimum atomic E-state index is -1.18. The second kappa shape index (κ2) is 9.85. The fraction of sp³-hybridized carbons (Fsp3) is 0.444. The fourth-order valence-corrected chi connectivity index (χ4v) is 6.76. The summed E-state index contributed by atoms with van der Waals surface area (Å²) in [6.45, 7) is 14.0. The summed E-state index contributed by atoms with van der Waals surface area (Å²) >= 11 is 2.34. The minimum absolute atomic E-state index is 0. The summed E-state index contributed by atoms with van der Waals surface area (Å²) in [6, 6.07) is 4.72. The van der Waals surface area contributed by atoms with Gasteiger partial charge in [-0.25, -0.2) is 0 Å². The molecule has 0 aliphatic heterocycles. The molecular formula is C18H25Cl3SiTi. The second-order valence-corrected chi connectivity index (χ2v) is 12.9. The maximum absolute atomic E-state index is 2.49. The van der Waals surface area contributed by atoms with Crippen LogP contribution in [0.15, 0.2) is 32.9 Å². The largest absolute Gasteiger partial charge is 1.00 e. The van der Waals surface area contributed by atoms with Crippen molar-refractivity contribution >= 4 is 8.07 Å². The number of halogens is 3. The quantitative estimate of drug-likeness (QED) is 0.437. The Bertz CT molecular complexity index is 613. The van der Waals surface area contributed by atoms with Gasteiger partial charge >= 0.3 is 137 Å². The van der Waals surface area contributed by atoms with Crippen molar-refractivity contribution in [3.8, 4) is 0 Å². The second-order valence-electron chi connectivity index (χ2n) is 7.09. The van der Waals surface area contributed by atoms with Gasteiger partial charge < -0.3 is 37.2 Å². The molecule has 0 atom stereocenters. The number of benzene rings is 1. The number of aryl methyl sites for hydroxylation is 3.